The molecule has 2 rings (SSSR count). The summed E-state index contributed by atoms with van der Waals surface area (Å²) in [6.45, 7) is 4.46. The van der Waals surface area contributed by atoms with Gasteiger partial charge in [-0.3, -0.25) is 4.79 Å². The number of likely N-dealkylation sites (N-methyl/N-ethyl adjacent to an activating group) is 1. The van der Waals surface area contributed by atoms with Gasteiger partial charge in [0, 0.05) is 31.7 Å². The van der Waals surface area contributed by atoms with Gasteiger partial charge >= 0.3 is 12.0 Å². The van der Waals surface area contributed by atoms with E-state index in [4.69, 9.17) is 5.11 Å². The second-order valence-corrected chi connectivity index (χ2v) is 5.74. The van der Waals surface area contributed by atoms with E-state index in [0.717, 1.165) is 25.9 Å². The van der Waals surface area contributed by atoms with Crippen LogP contribution in [-0.2, 0) is 4.79 Å². The van der Waals surface area contributed by atoms with Gasteiger partial charge < -0.3 is 20.2 Å². The zero-order chi connectivity index (χ0) is 14.0. The van der Waals surface area contributed by atoms with E-state index < -0.39 is 11.9 Å². The van der Waals surface area contributed by atoms with E-state index in [0.29, 0.717) is 13.0 Å². The Labute approximate surface area is 113 Å². The van der Waals surface area contributed by atoms with E-state index >= 15 is 0 Å². The van der Waals surface area contributed by atoms with Crippen molar-refractivity contribution in [2.75, 3.05) is 26.7 Å². The number of carboxylic acids is 1. The minimum Gasteiger partial charge on any atom is -0.481 e. The van der Waals surface area contributed by atoms with E-state index in [1.165, 1.54) is 0 Å². The first-order valence-electron chi connectivity index (χ1n) is 6.97. The topological polar surface area (TPSA) is 72.9 Å². The smallest absolute Gasteiger partial charge is 0.317 e. The Morgan fingerprint density at radius 1 is 1.26 bits per heavy atom. The summed E-state index contributed by atoms with van der Waals surface area (Å²) in [5.41, 5.74) is 0. The Morgan fingerprint density at radius 3 is 2.63 bits per heavy atom. The first-order chi connectivity index (χ1) is 8.99. The molecular weight excluding hydrogens is 246 g/mol. The molecule has 2 fully saturated rings. The van der Waals surface area contributed by atoms with Crippen LogP contribution in [0.3, 0.4) is 0 Å². The standard InChI is InChI=1S/C13H23N3O3/c1-9-8-15(2)6-7-16(9)13(19)14-11-5-3-4-10(11)12(17)18/h9-11H,3-8H2,1-2H3,(H,14,19)(H,17,18). The van der Waals surface area contributed by atoms with Gasteiger partial charge in [-0.1, -0.05) is 6.42 Å². The Hall–Kier alpha value is -1.30. The number of urea groups is 1. The number of aliphatic carboxylic acids is 1. The molecular formula is C13H23N3O3. The molecule has 0 aromatic heterocycles. The van der Waals surface area contributed by atoms with E-state index in [1.54, 1.807) is 0 Å². The molecule has 0 spiro atoms. The minimum atomic E-state index is -0.797. The molecule has 108 valence electrons. The highest BCUT2D eigenvalue weighted by atomic mass is 16.4. The fourth-order valence-corrected chi connectivity index (χ4v) is 3.11. The molecule has 0 aromatic carbocycles. The Bertz CT molecular complexity index is 361. The van der Waals surface area contributed by atoms with Crippen LogP contribution in [0.1, 0.15) is 26.2 Å². The zero-order valence-corrected chi connectivity index (χ0v) is 11.6. The highest BCUT2D eigenvalue weighted by molar-refractivity contribution is 5.77. The molecule has 3 unspecified atom stereocenters. The SMILES string of the molecule is CC1CN(C)CCN1C(=O)NC1CCCC1C(=O)O. The molecule has 2 amide bonds. The van der Waals surface area contributed by atoms with Crippen LogP contribution in [0, 0.1) is 5.92 Å². The Morgan fingerprint density at radius 2 is 2.00 bits per heavy atom. The second-order valence-electron chi connectivity index (χ2n) is 5.74. The van der Waals surface area contributed by atoms with E-state index in [2.05, 4.69) is 10.2 Å². The summed E-state index contributed by atoms with van der Waals surface area (Å²) in [5, 5.41) is 12.0. The molecule has 1 heterocycles. The third-order valence-corrected chi connectivity index (χ3v) is 4.23. The number of hydrogen-bond acceptors (Lipinski definition) is 3. The number of nitrogens with one attached hydrogen (secondary N) is 1. The largest absolute Gasteiger partial charge is 0.481 e. The molecule has 3 atom stereocenters. The average Bonchev–Trinajstić information content (AvgIpc) is 2.76. The van der Waals surface area contributed by atoms with Crippen molar-refractivity contribution in [2.45, 2.75) is 38.3 Å². The van der Waals surface area contributed by atoms with Crippen LogP contribution in [0.2, 0.25) is 0 Å². The monoisotopic (exact) mass is 269 g/mol. The average molecular weight is 269 g/mol. The lowest BCUT2D eigenvalue weighted by molar-refractivity contribution is -0.142. The van der Waals surface area contributed by atoms with Gasteiger partial charge in [-0.2, -0.15) is 0 Å². The van der Waals surface area contributed by atoms with Gasteiger partial charge in [0.25, 0.3) is 0 Å². The third kappa shape index (κ3) is 3.18. The predicted molar refractivity (Wildman–Crippen MR) is 71.0 cm³/mol. The number of hydrogen-bond donors (Lipinski definition) is 2. The highest BCUT2D eigenvalue weighted by Gasteiger charge is 2.35. The quantitative estimate of drug-likeness (QED) is 0.769. The van der Waals surface area contributed by atoms with Gasteiger partial charge in [-0.15, -0.1) is 0 Å². The molecule has 0 bridgehead atoms. The van der Waals surface area contributed by atoms with Crippen molar-refractivity contribution in [2.24, 2.45) is 5.92 Å². The van der Waals surface area contributed by atoms with Crippen LogP contribution in [0.5, 0.6) is 0 Å². The zero-order valence-electron chi connectivity index (χ0n) is 11.6. The van der Waals surface area contributed by atoms with E-state index in [1.807, 2.05) is 18.9 Å². The van der Waals surface area contributed by atoms with Gasteiger partial charge in [-0.05, 0) is 26.8 Å². The molecule has 6 nitrogen and oxygen atoms in total. The van der Waals surface area contributed by atoms with Crippen molar-refractivity contribution in [3.63, 3.8) is 0 Å². The molecule has 1 aliphatic carbocycles. The van der Waals surface area contributed by atoms with Crippen molar-refractivity contribution in [3.8, 4) is 0 Å². The third-order valence-electron chi connectivity index (χ3n) is 4.23. The Kier molecular flexibility index (Phi) is 4.29. The van der Waals surface area contributed by atoms with E-state index in [-0.39, 0.29) is 18.1 Å². The van der Waals surface area contributed by atoms with Crippen molar-refractivity contribution < 1.29 is 14.7 Å². The van der Waals surface area contributed by atoms with Crippen LogP contribution in [0.4, 0.5) is 4.79 Å². The summed E-state index contributed by atoms with van der Waals surface area (Å²) in [6.07, 6.45) is 2.31. The lowest BCUT2D eigenvalue weighted by Gasteiger charge is -2.38. The van der Waals surface area contributed by atoms with Crippen LogP contribution >= 0.6 is 0 Å². The number of carboxylic acid groups (broad SMARTS) is 1. The number of piperazine rings is 1. The van der Waals surface area contributed by atoms with Gasteiger partial charge in [0.1, 0.15) is 0 Å². The van der Waals surface area contributed by atoms with E-state index in [9.17, 15) is 9.59 Å². The molecule has 1 aliphatic heterocycles. The van der Waals surface area contributed by atoms with Crippen LogP contribution in [0.15, 0.2) is 0 Å². The van der Waals surface area contributed by atoms with Crippen LogP contribution < -0.4 is 5.32 Å². The molecule has 19 heavy (non-hydrogen) atoms. The summed E-state index contributed by atoms with van der Waals surface area (Å²) in [4.78, 5) is 27.4. The van der Waals surface area contributed by atoms with Crippen molar-refractivity contribution in [1.29, 1.82) is 0 Å². The van der Waals surface area contributed by atoms with Gasteiger partial charge in [0.15, 0.2) is 0 Å². The maximum atomic E-state index is 12.2. The van der Waals surface area contributed by atoms with Gasteiger partial charge in [0.05, 0.1) is 5.92 Å². The minimum absolute atomic E-state index is 0.112. The summed E-state index contributed by atoms with van der Waals surface area (Å²) in [5.74, 6) is -1.22. The van der Waals surface area contributed by atoms with Gasteiger partial charge in [0.2, 0.25) is 0 Å². The normalized spacial score (nSPS) is 32.3. The summed E-state index contributed by atoms with van der Waals surface area (Å²) in [7, 11) is 2.04. The summed E-state index contributed by atoms with van der Waals surface area (Å²) < 4.78 is 0. The second kappa shape index (κ2) is 5.77. The number of rotatable bonds is 2. The molecule has 6 heteroatoms. The first-order valence-corrected chi connectivity index (χ1v) is 6.97. The van der Waals surface area contributed by atoms with Crippen LogP contribution in [-0.4, -0.2) is 65.7 Å². The number of nitrogens with zero attached hydrogens (tertiary/aromatic N) is 2. The first kappa shape index (κ1) is 14.1. The molecule has 2 N–H and O–H groups in total. The Balaban J connectivity index is 1.92. The van der Waals surface area contributed by atoms with Crippen molar-refractivity contribution in [3.05, 3.63) is 0 Å². The molecule has 2 aliphatic rings. The predicted octanol–water partition coefficient (Wildman–Crippen LogP) is 0.585. The fourth-order valence-electron chi connectivity index (χ4n) is 3.11. The number of carbonyl (C=O) groups is 2. The lowest BCUT2D eigenvalue weighted by Crippen LogP contribution is -2.57. The van der Waals surface area contributed by atoms with Crippen molar-refractivity contribution in [1.82, 2.24) is 15.1 Å². The van der Waals surface area contributed by atoms with Crippen LogP contribution in [0.25, 0.3) is 0 Å². The maximum absolute atomic E-state index is 12.2. The van der Waals surface area contributed by atoms with Gasteiger partial charge in [-0.25, -0.2) is 4.79 Å². The molecule has 0 aromatic rings. The maximum Gasteiger partial charge on any atom is 0.317 e. The molecule has 0 radical (unpaired) electrons. The number of amides is 2. The lowest BCUT2D eigenvalue weighted by atomic mass is 10.0. The molecule has 1 saturated heterocycles. The molecule has 1 saturated carbocycles. The highest BCUT2D eigenvalue weighted by Crippen LogP contribution is 2.26. The summed E-state index contributed by atoms with van der Waals surface area (Å²) >= 11 is 0. The fraction of sp³-hybridized carbons (Fsp3) is 0.846. The number of carbonyl (C=O) groups excluding carboxylic acids is 1. The van der Waals surface area contributed by atoms with Crippen molar-refractivity contribution >= 4 is 12.0 Å². The summed E-state index contributed by atoms with van der Waals surface area (Å²) in [6, 6.07) is -0.154.